The highest BCUT2D eigenvalue weighted by atomic mass is 16.3. The lowest BCUT2D eigenvalue weighted by Gasteiger charge is -2.27. The van der Waals surface area contributed by atoms with Crippen molar-refractivity contribution in [3.8, 4) is 0 Å². The highest BCUT2D eigenvalue weighted by molar-refractivity contribution is 6.26. The summed E-state index contributed by atoms with van der Waals surface area (Å²) in [6, 6.07) is 0. The summed E-state index contributed by atoms with van der Waals surface area (Å²) < 4.78 is 0. The number of hydrogen-bond donors (Lipinski definition) is 3. The zero-order chi connectivity index (χ0) is 14.8. The van der Waals surface area contributed by atoms with Crippen molar-refractivity contribution in [2.75, 3.05) is 0 Å². The molecule has 1 rings (SSSR count). The molecule has 0 spiro atoms. The van der Waals surface area contributed by atoms with Gasteiger partial charge in [0.05, 0.1) is 0 Å². The van der Waals surface area contributed by atoms with Gasteiger partial charge in [-0.2, -0.15) is 0 Å². The molecule has 0 aromatic heterocycles. The zero-order valence-corrected chi connectivity index (χ0v) is 11.0. The van der Waals surface area contributed by atoms with E-state index in [9.17, 15) is 24.9 Å². The first-order chi connectivity index (χ1) is 8.75. The summed E-state index contributed by atoms with van der Waals surface area (Å²) in [5.74, 6) is -3.01. The summed E-state index contributed by atoms with van der Waals surface area (Å²) in [5, 5.41) is 29.5. The molecule has 0 unspecified atom stereocenters. The molecule has 0 fully saturated rings. The maximum Gasteiger partial charge on any atom is 0.209 e. The van der Waals surface area contributed by atoms with Gasteiger partial charge >= 0.3 is 0 Å². The number of aliphatic hydroxyl groups is 3. The highest BCUT2D eigenvalue weighted by Gasteiger charge is 2.48. The number of allylic oxidation sites excluding steroid dienone is 5. The van der Waals surface area contributed by atoms with E-state index in [4.69, 9.17) is 0 Å². The third-order valence-corrected chi connectivity index (χ3v) is 2.86. The van der Waals surface area contributed by atoms with Crippen molar-refractivity contribution < 1.29 is 24.9 Å². The van der Waals surface area contributed by atoms with Crippen molar-refractivity contribution in [3.63, 3.8) is 0 Å². The minimum absolute atomic E-state index is 0.161. The van der Waals surface area contributed by atoms with Gasteiger partial charge in [-0.15, -0.1) is 0 Å². The highest BCUT2D eigenvalue weighted by Crippen LogP contribution is 2.31. The van der Waals surface area contributed by atoms with Crippen LogP contribution in [-0.2, 0) is 9.59 Å². The van der Waals surface area contributed by atoms with Gasteiger partial charge in [-0.1, -0.05) is 18.2 Å². The minimum Gasteiger partial charge on any atom is -0.507 e. The van der Waals surface area contributed by atoms with Gasteiger partial charge in [0.25, 0.3) is 0 Å². The van der Waals surface area contributed by atoms with Gasteiger partial charge in [0.15, 0.2) is 5.60 Å². The number of hydrogen-bond acceptors (Lipinski definition) is 5. The van der Waals surface area contributed by atoms with Crippen LogP contribution in [0.3, 0.4) is 0 Å². The van der Waals surface area contributed by atoms with E-state index in [-0.39, 0.29) is 5.57 Å². The van der Waals surface area contributed by atoms with Crippen molar-refractivity contribution in [1.82, 2.24) is 0 Å². The van der Waals surface area contributed by atoms with Crippen LogP contribution in [-0.4, -0.2) is 32.5 Å². The van der Waals surface area contributed by atoms with Crippen LogP contribution in [0.4, 0.5) is 0 Å². The Bertz CT molecular complexity index is 544. The van der Waals surface area contributed by atoms with Crippen LogP contribution in [0, 0.1) is 0 Å². The van der Waals surface area contributed by atoms with Gasteiger partial charge in [0.2, 0.25) is 11.6 Å². The molecule has 0 radical (unpaired) electrons. The first kappa shape index (κ1) is 14.9. The van der Waals surface area contributed by atoms with Gasteiger partial charge < -0.3 is 15.3 Å². The Balaban J connectivity index is 3.46. The van der Waals surface area contributed by atoms with Gasteiger partial charge in [0.1, 0.15) is 17.1 Å². The smallest absolute Gasteiger partial charge is 0.209 e. The average molecular weight is 264 g/mol. The lowest BCUT2D eigenvalue weighted by molar-refractivity contribution is -0.145. The summed E-state index contributed by atoms with van der Waals surface area (Å²) in [6.45, 7) is 4.09. The summed E-state index contributed by atoms with van der Waals surface area (Å²) in [4.78, 5) is 23.6. The van der Waals surface area contributed by atoms with Crippen LogP contribution in [0.15, 0.2) is 47.0 Å². The average Bonchev–Trinajstić information content (AvgIpc) is 2.35. The monoisotopic (exact) mass is 264 g/mol. The van der Waals surface area contributed by atoms with Crippen molar-refractivity contribution in [2.45, 2.75) is 26.4 Å². The SMILES string of the molecule is C/C=C/C=C/C(O)=C1C(=O)[C@](C)(O)C(=O)C(C)=C1O. The van der Waals surface area contributed by atoms with Gasteiger partial charge in [-0.05, 0) is 26.8 Å². The molecule has 102 valence electrons. The molecule has 0 aromatic carbocycles. The standard InChI is InChI=1S/C14H16O5/c1-4-5-6-7-9(15)10-11(16)8(2)12(17)14(3,19)13(10)18/h4-7,15-16,19H,1-3H3/b5-4+,7-6+,10-9?/t14-/m1/s1. The number of rotatable bonds is 2. The van der Waals surface area contributed by atoms with Crippen molar-refractivity contribution in [3.05, 3.63) is 47.0 Å². The van der Waals surface area contributed by atoms with Crippen LogP contribution in [0.25, 0.3) is 0 Å². The second-order valence-corrected chi connectivity index (χ2v) is 4.35. The van der Waals surface area contributed by atoms with E-state index in [1.165, 1.54) is 19.1 Å². The number of Topliss-reactive ketones (excluding diaryl/α,β-unsaturated/α-hetero) is 2. The van der Waals surface area contributed by atoms with Crippen molar-refractivity contribution >= 4 is 11.6 Å². The van der Waals surface area contributed by atoms with E-state index >= 15 is 0 Å². The molecule has 0 saturated carbocycles. The Morgan fingerprint density at radius 3 is 2.32 bits per heavy atom. The predicted octanol–water partition coefficient (Wildman–Crippen LogP) is 1.67. The van der Waals surface area contributed by atoms with Crippen molar-refractivity contribution in [1.29, 1.82) is 0 Å². The molecule has 0 aromatic rings. The third-order valence-electron chi connectivity index (χ3n) is 2.86. The fourth-order valence-electron chi connectivity index (χ4n) is 1.69. The van der Waals surface area contributed by atoms with Gasteiger partial charge in [-0.3, -0.25) is 9.59 Å². The normalized spacial score (nSPS) is 27.8. The lowest BCUT2D eigenvalue weighted by atomic mass is 9.79. The molecular formula is C14H16O5. The number of carbonyl (C=O) groups is 2. The van der Waals surface area contributed by atoms with Crippen LogP contribution >= 0.6 is 0 Å². The first-order valence-electron chi connectivity index (χ1n) is 5.70. The second kappa shape index (κ2) is 5.24. The molecule has 0 amide bonds. The van der Waals surface area contributed by atoms with Crippen LogP contribution < -0.4 is 0 Å². The predicted molar refractivity (Wildman–Crippen MR) is 69.6 cm³/mol. The molecule has 5 nitrogen and oxygen atoms in total. The van der Waals surface area contributed by atoms with E-state index < -0.39 is 34.3 Å². The Kier molecular flexibility index (Phi) is 4.11. The van der Waals surface area contributed by atoms with Gasteiger partial charge in [-0.25, -0.2) is 0 Å². The molecule has 0 bridgehead atoms. The van der Waals surface area contributed by atoms with Crippen LogP contribution in [0.1, 0.15) is 20.8 Å². The maximum absolute atomic E-state index is 12.0. The van der Waals surface area contributed by atoms with E-state index in [0.717, 1.165) is 6.92 Å². The molecule has 0 heterocycles. The largest absolute Gasteiger partial charge is 0.507 e. The fraction of sp³-hybridized carbons (Fsp3) is 0.286. The fourth-order valence-corrected chi connectivity index (χ4v) is 1.69. The molecule has 1 aliphatic rings. The Hall–Kier alpha value is -2.14. The van der Waals surface area contributed by atoms with Gasteiger partial charge in [0, 0.05) is 5.57 Å². The van der Waals surface area contributed by atoms with E-state index in [1.807, 2.05) is 0 Å². The lowest BCUT2D eigenvalue weighted by Crippen LogP contribution is -2.48. The number of carbonyl (C=O) groups excluding carboxylic acids is 2. The summed E-state index contributed by atoms with van der Waals surface area (Å²) in [6.07, 6.45) is 5.98. The Morgan fingerprint density at radius 1 is 1.21 bits per heavy atom. The minimum atomic E-state index is -2.27. The third kappa shape index (κ3) is 2.51. The van der Waals surface area contributed by atoms with E-state index in [2.05, 4.69) is 0 Å². The topological polar surface area (TPSA) is 94.8 Å². The molecule has 1 aliphatic carbocycles. The van der Waals surface area contributed by atoms with Crippen molar-refractivity contribution in [2.24, 2.45) is 0 Å². The summed E-state index contributed by atoms with van der Waals surface area (Å²) >= 11 is 0. The summed E-state index contributed by atoms with van der Waals surface area (Å²) in [5.41, 5.74) is -2.89. The molecule has 0 aliphatic heterocycles. The first-order valence-corrected chi connectivity index (χ1v) is 5.70. The Labute approximate surface area is 110 Å². The molecular weight excluding hydrogens is 248 g/mol. The quantitative estimate of drug-likeness (QED) is 0.305. The molecule has 1 atom stereocenters. The Morgan fingerprint density at radius 2 is 1.79 bits per heavy atom. The second-order valence-electron chi connectivity index (χ2n) is 4.35. The molecule has 19 heavy (non-hydrogen) atoms. The van der Waals surface area contributed by atoms with E-state index in [1.54, 1.807) is 19.1 Å². The zero-order valence-electron chi connectivity index (χ0n) is 11.0. The number of ketones is 2. The maximum atomic E-state index is 12.0. The van der Waals surface area contributed by atoms with E-state index in [0.29, 0.717) is 0 Å². The summed E-state index contributed by atoms with van der Waals surface area (Å²) in [7, 11) is 0. The molecule has 0 saturated heterocycles. The van der Waals surface area contributed by atoms with Crippen LogP contribution in [0.5, 0.6) is 0 Å². The molecule has 5 heteroatoms. The van der Waals surface area contributed by atoms with Crippen LogP contribution in [0.2, 0.25) is 0 Å². The molecule has 3 N–H and O–H groups in total. The number of aliphatic hydroxyl groups excluding tert-OH is 2.